The minimum Gasteiger partial charge on any atom is -0.390 e. The lowest BCUT2D eigenvalue weighted by molar-refractivity contribution is 0.360. The zero-order chi connectivity index (χ0) is 5.11. The van der Waals surface area contributed by atoms with E-state index in [0.717, 1.165) is 10.8 Å². The van der Waals surface area contributed by atoms with Crippen LogP contribution in [0.15, 0.2) is 4.99 Å². The third-order valence-electron chi connectivity index (χ3n) is 0.695. The lowest BCUT2D eigenvalue weighted by atomic mass is 10.7. The van der Waals surface area contributed by atoms with E-state index in [1.54, 1.807) is 18.3 Å². The Morgan fingerprint density at radius 1 is 2.00 bits per heavy atom. The number of thioether (sulfide) groups is 1. The minimum absolute atomic E-state index is 0.0984. The number of hydrogen-bond donors (Lipinski definition) is 1. The van der Waals surface area contributed by atoms with E-state index in [-0.39, 0.29) is 6.61 Å². The van der Waals surface area contributed by atoms with Crippen LogP contribution in [0.4, 0.5) is 0 Å². The van der Waals surface area contributed by atoms with E-state index in [4.69, 9.17) is 5.11 Å². The van der Waals surface area contributed by atoms with Gasteiger partial charge in [-0.25, -0.2) is 0 Å². The zero-order valence-electron chi connectivity index (χ0n) is 3.79. The molecular weight excluding hydrogens is 110 g/mol. The number of aliphatic hydroxyl groups excluding tert-OH is 1. The fourth-order valence-corrected chi connectivity index (χ4v) is 0.978. The van der Waals surface area contributed by atoms with Gasteiger partial charge in [-0.3, -0.25) is 4.99 Å². The topological polar surface area (TPSA) is 32.6 Å². The van der Waals surface area contributed by atoms with Crippen LogP contribution in [0.1, 0.15) is 0 Å². The largest absolute Gasteiger partial charge is 0.390 e. The smallest absolute Gasteiger partial charge is 0.0936 e. The molecule has 0 aromatic heterocycles. The SMILES string of the molecule is OCC1=N[CH]CS1. The molecule has 2 nitrogen and oxygen atoms in total. The Kier molecular flexibility index (Phi) is 1.70. The summed E-state index contributed by atoms with van der Waals surface area (Å²) in [4.78, 5) is 3.86. The van der Waals surface area contributed by atoms with Crippen LogP contribution in [0, 0.1) is 6.54 Å². The first kappa shape index (κ1) is 5.12. The third-order valence-corrected chi connectivity index (χ3v) is 1.58. The second-order valence-corrected chi connectivity index (χ2v) is 2.27. The van der Waals surface area contributed by atoms with Gasteiger partial charge < -0.3 is 5.11 Å². The molecule has 0 atom stereocenters. The fraction of sp³-hybridized carbons (Fsp3) is 0.500. The first-order valence-electron chi connectivity index (χ1n) is 2.05. The van der Waals surface area contributed by atoms with Crippen molar-refractivity contribution in [1.29, 1.82) is 0 Å². The van der Waals surface area contributed by atoms with Crippen molar-refractivity contribution in [2.75, 3.05) is 12.4 Å². The molecule has 0 aliphatic carbocycles. The highest BCUT2D eigenvalue weighted by Crippen LogP contribution is 2.12. The van der Waals surface area contributed by atoms with Crippen LogP contribution < -0.4 is 0 Å². The molecule has 0 bridgehead atoms. The van der Waals surface area contributed by atoms with Crippen LogP contribution in [-0.4, -0.2) is 22.5 Å². The predicted octanol–water partition coefficient (Wildman–Crippen LogP) is 0.286. The highest BCUT2D eigenvalue weighted by molar-refractivity contribution is 8.14. The molecule has 1 aliphatic rings. The molecule has 1 radical (unpaired) electrons. The Morgan fingerprint density at radius 2 is 2.86 bits per heavy atom. The van der Waals surface area contributed by atoms with E-state index < -0.39 is 0 Å². The van der Waals surface area contributed by atoms with Crippen LogP contribution in [0.5, 0.6) is 0 Å². The van der Waals surface area contributed by atoms with Gasteiger partial charge in [-0.15, -0.1) is 11.8 Å². The van der Waals surface area contributed by atoms with E-state index >= 15 is 0 Å². The molecule has 1 aliphatic heterocycles. The van der Waals surface area contributed by atoms with Crippen LogP contribution in [0.25, 0.3) is 0 Å². The number of nitrogens with zero attached hydrogens (tertiary/aromatic N) is 1. The summed E-state index contributed by atoms with van der Waals surface area (Å²) < 4.78 is 0. The summed E-state index contributed by atoms with van der Waals surface area (Å²) in [6.07, 6.45) is 0. The van der Waals surface area contributed by atoms with Crippen LogP contribution in [-0.2, 0) is 0 Å². The van der Waals surface area contributed by atoms with Crippen molar-refractivity contribution in [3.05, 3.63) is 6.54 Å². The monoisotopic (exact) mass is 116 g/mol. The molecule has 1 rings (SSSR count). The lowest BCUT2D eigenvalue weighted by Crippen LogP contribution is -1.92. The van der Waals surface area contributed by atoms with Gasteiger partial charge in [0.05, 0.1) is 18.2 Å². The Hall–Kier alpha value is -0.0200. The summed E-state index contributed by atoms with van der Waals surface area (Å²) in [6.45, 7) is 1.90. The summed E-state index contributed by atoms with van der Waals surface area (Å²) in [5, 5.41) is 9.23. The first-order valence-corrected chi connectivity index (χ1v) is 3.04. The average Bonchev–Trinajstić information content (AvgIpc) is 2.14. The van der Waals surface area contributed by atoms with Gasteiger partial charge in [0.1, 0.15) is 0 Å². The Balaban J connectivity index is 2.36. The van der Waals surface area contributed by atoms with Gasteiger partial charge in [0.15, 0.2) is 0 Å². The summed E-state index contributed by atoms with van der Waals surface area (Å²) in [5.74, 6) is 0.926. The standard InChI is InChI=1S/C4H6NOS/c6-3-4-5-1-2-7-4/h1,6H,2-3H2. The maximum absolute atomic E-state index is 8.39. The maximum atomic E-state index is 8.39. The van der Waals surface area contributed by atoms with Gasteiger partial charge in [-0.1, -0.05) is 0 Å². The molecule has 39 valence electrons. The van der Waals surface area contributed by atoms with E-state index in [0.29, 0.717) is 0 Å². The molecule has 7 heavy (non-hydrogen) atoms. The zero-order valence-corrected chi connectivity index (χ0v) is 4.61. The molecule has 1 heterocycles. The molecule has 3 heteroatoms. The summed E-state index contributed by atoms with van der Waals surface area (Å²) >= 11 is 1.59. The fourth-order valence-electron chi connectivity index (χ4n) is 0.396. The van der Waals surface area contributed by atoms with Crippen LogP contribution in [0.2, 0.25) is 0 Å². The van der Waals surface area contributed by atoms with Crippen molar-refractivity contribution in [2.45, 2.75) is 0 Å². The molecule has 0 unspecified atom stereocenters. The highest BCUT2D eigenvalue weighted by atomic mass is 32.2. The van der Waals surface area contributed by atoms with Crippen LogP contribution in [0.3, 0.4) is 0 Å². The van der Waals surface area contributed by atoms with Gasteiger partial charge in [-0.2, -0.15) is 0 Å². The Bertz CT molecular complexity index is 91.7. The number of aliphatic imine (C=N–C) groups is 1. The summed E-state index contributed by atoms with van der Waals surface area (Å²) in [5.41, 5.74) is 0. The second kappa shape index (κ2) is 2.33. The predicted molar refractivity (Wildman–Crippen MR) is 31.3 cm³/mol. The highest BCUT2D eigenvalue weighted by Gasteiger charge is 2.03. The van der Waals surface area contributed by atoms with Crippen molar-refractivity contribution >= 4 is 16.8 Å². The minimum atomic E-state index is 0.0984. The van der Waals surface area contributed by atoms with Gasteiger partial charge in [0, 0.05) is 5.75 Å². The van der Waals surface area contributed by atoms with Gasteiger partial charge in [0.2, 0.25) is 0 Å². The quantitative estimate of drug-likeness (QED) is 0.534. The number of aliphatic hydroxyl groups is 1. The molecule has 0 saturated carbocycles. The third kappa shape index (κ3) is 1.17. The molecular formula is C4H6NOS. The summed E-state index contributed by atoms with van der Waals surface area (Å²) in [6, 6.07) is 0. The first-order chi connectivity index (χ1) is 3.43. The van der Waals surface area contributed by atoms with Crippen molar-refractivity contribution in [2.24, 2.45) is 4.99 Å². The normalized spacial score (nSPS) is 19.9. The van der Waals surface area contributed by atoms with Crippen molar-refractivity contribution < 1.29 is 5.11 Å². The van der Waals surface area contributed by atoms with Gasteiger partial charge in [-0.05, 0) is 0 Å². The molecule has 0 amide bonds. The van der Waals surface area contributed by atoms with Crippen molar-refractivity contribution in [1.82, 2.24) is 0 Å². The molecule has 1 N–H and O–H groups in total. The second-order valence-electron chi connectivity index (χ2n) is 1.17. The molecule has 0 aromatic rings. The molecule has 0 saturated heterocycles. The van der Waals surface area contributed by atoms with E-state index in [1.165, 1.54) is 0 Å². The van der Waals surface area contributed by atoms with E-state index in [1.807, 2.05) is 0 Å². The average molecular weight is 116 g/mol. The summed E-state index contributed by atoms with van der Waals surface area (Å²) in [7, 11) is 0. The van der Waals surface area contributed by atoms with E-state index in [9.17, 15) is 0 Å². The molecule has 0 spiro atoms. The number of rotatable bonds is 1. The molecule has 0 aromatic carbocycles. The Morgan fingerprint density at radius 3 is 3.14 bits per heavy atom. The maximum Gasteiger partial charge on any atom is 0.0936 e. The van der Waals surface area contributed by atoms with Crippen molar-refractivity contribution in [3.8, 4) is 0 Å². The van der Waals surface area contributed by atoms with Gasteiger partial charge in [0.25, 0.3) is 0 Å². The lowest BCUT2D eigenvalue weighted by Gasteiger charge is -1.85. The van der Waals surface area contributed by atoms with Crippen molar-refractivity contribution in [3.63, 3.8) is 0 Å². The van der Waals surface area contributed by atoms with Gasteiger partial charge >= 0.3 is 0 Å². The van der Waals surface area contributed by atoms with Crippen LogP contribution >= 0.6 is 11.8 Å². The number of hydrogen-bond acceptors (Lipinski definition) is 3. The molecule has 0 fully saturated rings. The van der Waals surface area contributed by atoms with E-state index in [2.05, 4.69) is 4.99 Å². The Labute approximate surface area is 46.6 Å².